The van der Waals surface area contributed by atoms with Crippen molar-refractivity contribution < 1.29 is 4.79 Å². The molecular formula is C21H30Cl2N4O. The van der Waals surface area contributed by atoms with Crippen molar-refractivity contribution >= 4 is 36.4 Å². The van der Waals surface area contributed by atoms with E-state index in [9.17, 15) is 4.79 Å². The predicted octanol–water partition coefficient (Wildman–Crippen LogP) is 4.21. The Bertz CT molecular complexity index is 805. The van der Waals surface area contributed by atoms with Gasteiger partial charge in [0.25, 0.3) is 0 Å². The summed E-state index contributed by atoms with van der Waals surface area (Å²) in [6.45, 7) is 5.05. The van der Waals surface area contributed by atoms with Crippen molar-refractivity contribution in [2.45, 2.75) is 51.6 Å². The molecule has 2 fully saturated rings. The molecule has 2 aromatic rings. The molecule has 1 aromatic carbocycles. The van der Waals surface area contributed by atoms with Gasteiger partial charge in [-0.2, -0.15) is 0 Å². The molecule has 3 N–H and O–H groups in total. The Morgan fingerprint density at radius 2 is 2.04 bits per heavy atom. The van der Waals surface area contributed by atoms with Gasteiger partial charge in [-0.05, 0) is 48.8 Å². The Balaban J connectivity index is 0.00000140. The maximum atomic E-state index is 12.8. The maximum absolute atomic E-state index is 12.8. The van der Waals surface area contributed by atoms with Crippen LogP contribution in [-0.4, -0.2) is 21.5 Å². The number of nitrogens with zero attached hydrogens (tertiary/aromatic N) is 2. The van der Waals surface area contributed by atoms with Crippen molar-refractivity contribution in [2.75, 3.05) is 5.32 Å². The van der Waals surface area contributed by atoms with Gasteiger partial charge in [-0.25, -0.2) is 4.98 Å². The normalized spacial score (nSPS) is 25.3. The van der Waals surface area contributed by atoms with Crippen molar-refractivity contribution in [1.29, 1.82) is 0 Å². The summed E-state index contributed by atoms with van der Waals surface area (Å²) in [5.41, 5.74) is 8.32. The molecule has 4 rings (SSSR count). The molecule has 7 heteroatoms. The fourth-order valence-corrected chi connectivity index (χ4v) is 4.85. The number of hydrogen-bond donors (Lipinski definition) is 2. The molecule has 1 aromatic heterocycles. The number of imidazole rings is 1. The van der Waals surface area contributed by atoms with E-state index < -0.39 is 0 Å². The lowest BCUT2D eigenvalue weighted by molar-refractivity contribution is -0.121. The molecule has 1 amide bonds. The second kappa shape index (κ2) is 9.29. The van der Waals surface area contributed by atoms with Gasteiger partial charge < -0.3 is 15.6 Å². The van der Waals surface area contributed by atoms with E-state index in [1.807, 2.05) is 24.5 Å². The summed E-state index contributed by atoms with van der Waals surface area (Å²) >= 11 is 0. The molecule has 154 valence electrons. The number of rotatable bonds is 5. The lowest BCUT2D eigenvalue weighted by Gasteiger charge is -2.27. The Labute approximate surface area is 179 Å². The summed E-state index contributed by atoms with van der Waals surface area (Å²) in [6, 6.07) is 8.12. The number of nitrogens with one attached hydrogen (secondary N) is 1. The third-order valence-corrected chi connectivity index (χ3v) is 6.09. The molecule has 2 saturated carbocycles. The van der Waals surface area contributed by atoms with Crippen LogP contribution in [0.15, 0.2) is 36.7 Å². The first kappa shape index (κ1) is 22.7. The molecule has 4 atom stereocenters. The van der Waals surface area contributed by atoms with Gasteiger partial charge >= 0.3 is 0 Å². The largest absolute Gasteiger partial charge is 0.330 e. The minimum Gasteiger partial charge on any atom is -0.330 e. The summed E-state index contributed by atoms with van der Waals surface area (Å²) in [5, 5.41) is 3.11. The highest BCUT2D eigenvalue weighted by atomic mass is 35.5. The number of carbonyl (C=O) groups is 1. The molecule has 0 radical (unpaired) electrons. The topological polar surface area (TPSA) is 72.9 Å². The number of fused-ring (bicyclic) bond motifs is 2. The van der Waals surface area contributed by atoms with Gasteiger partial charge in [-0.3, -0.25) is 4.79 Å². The summed E-state index contributed by atoms with van der Waals surface area (Å²) in [6.07, 6.45) is 7.31. The SMILES string of the molecule is CC(C)c1nccn1Cc1cccc(NC(=O)C2C3CCC(C3)C2N)c1.Cl.Cl. The maximum Gasteiger partial charge on any atom is 0.229 e. The average molecular weight is 425 g/mol. The van der Waals surface area contributed by atoms with Gasteiger partial charge in [-0.15, -0.1) is 24.8 Å². The molecule has 0 spiro atoms. The molecule has 5 nitrogen and oxygen atoms in total. The number of aromatic nitrogens is 2. The molecule has 0 aliphatic heterocycles. The van der Waals surface area contributed by atoms with Gasteiger partial charge in [0, 0.05) is 36.6 Å². The van der Waals surface area contributed by atoms with Gasteiger partial charge in [0.1, 0.15) is 5.82 Å². The van der Waals surface area contributed by atoms with Crippen LogP contribution in [0, 0.1) is 17.8 Å². The Morgan fingerprint density at radius 1 is 1.29 bits per heavy atom. The monoisotopic (exact) mass is 424 g/mol. The number of hydrogen-bond acceptors (Lipinski definition) is 3. The third-order valence-electron chi connectivity index (χ3n) is 6.09. The molecule has 28 heavy (non-hydrogen) atoms. The van der Waals surface area contributed by atoms with Crippen LogP contribution in [0.5, 0.6) is 0 Å². The zero-order valence-corrected chi connectivity index (χ0v) is 18.0. The van der Waals surface area contributed by atoms with Crippen LogP contribution >= 0.6 is 24.8 Å². The summed E-state index contributed by atoms with van der Waals surface area (Å²) in [4.78, 5) is 17.2. The average Bonchev–Trinajstić information content (AvgIpc) is 3.30. The van der Waals surface area contributed by atoms with E-state index >= 15 is 0 Å². The minimum atomic E-state index is -0.0291. The fraction of sp³-hybridized carbons (Fsp3) is 0.524. The van der Waals surface area contributed by atoms with Crippen LogP contribution in [0.2, 0.25) is 0 Å². The van der Waals surface area contributed by atoms with Gasteiger partial charge in [0.15, 0.2) is 0 Å². The third kappa shape index (κ3) is 4.37. The fourth-order valence-electron chi connectivity index (χ4n) is 4.85. The van der Waals surface area contributed by atoms with E-state index in [1.54, 1.807) is 0 Å². The molecule has 4 unspecified atom stereocenters. The molecule has 0 saturated heterocycles. The highest BCUT2D eigenvalue weighted by molar-refractivity contribution is 5.93. The smallest absolute Gasteiger partial charge is 0.229 e. The van der Waals surface area contributed by atoms with E-state index in [1.165, 1.54) is 6.42 Å². The first-order valence-corrected chi connectivity index (χ1v) is 9.69. The number of amides is 1. The van der Waals surface area contributed by atoms with Crippen molar-refractivity contribution in [3.63, 3.8) is 0 Å². The Hall–Kier alpha value is -1.56. The predicted molar refractivity (Wildman–Crippen MR) is 117 cm³/mol. The molecule has 1 heterocycles. The standard InChI is InChI=1S/C21H28N4O.2ClH/c1-13(2)20-23-8-9-25(20)12-14-4-3-5-17(10-14)24-21(26)18-15-6-7-16(11-15)19(18)22;;/h3-5,8-10,13,15-16,18-19H,6-7,11-12,22H2,1-2H3,(H,24,26);2*1H. The Kier molecular flexibility index (Phi) is 7.54. The van der Waals surface area contributed by atoms with Crippen LogP contribution in [-0.2, 0) is 11.3 Å². The quantitative estimate of drug-likeness (QED) is 0.754. The van der Waals surface area contributed by atoms with Crippen molar-refractivity contribution in [3.8, 4) is 0 Å². The molecule has 2 bridgehead atoms. The first-order valence-electron chi connectivity index (χ1n) is 9.69. The van der Waals surface area contributed by atoms with E-state index in [0.717, 1.165) is 36.5 Å². The van der Waals surface area contributed by atoms with Crippen LogP contribution < -0.4 is 11.1 Å². The van der Waals surface area contributed by atoms with E-state index in [0.29, 0.717) is 17.8 Å². The van der Waals surface area contributed by atoms with Gasteiger partial charge in [-0.1, -0.05) is 26.0 Å². The van der Waals surface area contributed by atoms with Crippen molar-refractivity contribution in [2.24, 2.45) is 23.5 Å². The van der Waals surface area contributed by atoms with Crippen molar-refractivity contribution in [3.05, 3.63) is 48.0 Å². The van der Waals surface area contributed by atoms with Crippen LogP contribution in [0.1, 0.15) is 50.4 Å². The number of nitrogens with two attached hydrogens (primary N) is 1. The molecule has 2 aliphatic carbocycles. The minimum absolute atomic E-state index is 0. The summed E-state index contributed by atoms with van der Waals surface area (Å²) in [5.74, 6) is 2.53. The lowest BCUT2D eigenvalue weighted by Crippen LogP contribution is -2.42. The molecule has 2 aliphatic rings. The number of halogens is 2. The highest BCUT2D eigenvalue weighted by Crippen LogP contribution is 2.47. The van der Waals surface area contributed by atoms with E-state index in [2.05, 4.69) is 40.8 Å². The van der Waals surface area contributed by atoms with Gasteiger partial charge in [0.05, 0.1) is 5.92 Å². The zero-order valence-electron chi connectivity index (χ0n) is 16.4. The van der Waals surface area contributed by atoms with Crippen LogP contribution in [0.25, 0.3) is 0 Å². The number of anilines is 1. The molecular weight excluding hydrogens is 395 g/mol. The summed E-state index contributed by atoms with van der Waals surface area (Å²) in [7, 11) is 0. The second-order valence-electron chi connectivity index (χ2n) is 8.19. The highest BCUT2D eigenvalue weighted by Gasteiger charge is 2.49. The van der Waals surface area contributed by atoms with E-state index in [4.69, 9.17) is 5.73 Å². The number of carbonyl (C=O) groups excluding carboxylic acids is 1. The van der Waals surface area contributed by atoms with Gasteiger partial charge in [0.2, 0.25) is 5.91 Å². The lowest BCUT2D eigenvalue weighted by atomic mass is 9.84. The second-order valence-corrected chi connectivity index (χ2v) is 8.19. The van der Waals surface area contributed by atoms with Crippen molar-refractivity contribution in [1.82, 2.24) is 9.55 Å². The van der Waals surface area contributed by atoms with Crippen LogP contribution in [0.4, 0.5) is 5.69 Å². The number of benzene rings is 1. The zero-order chi connectivity index (χ0) is 18.3. The first-order chi connectivity index (χ1) is 12.5. The van der Waals surface area contributed by atoms with Crippen LogP contribution in [0.3, 0.4) is 0 Å². The summed E-state index contributed by atoms with van der Waals surface area (Å²) < 4.78 is 2.16. The Morgan fingerprint density at radius 3 is 2.71 bits per heavy atom. The van der Waals surface area contributed by atoms with E-state index in [-0.39, 0.29) is 42.7 Å².